The van der Waals surface area contributed by atoms with Crippen LogP contribution in [0.4, 0.5) is 0 Å². The molecule has 3 heteroatoms. The number of carbonyl (C=O) groups is 1. The van der Waals surface area contributed by atoms with Gasteiger partial charge in [-0.15, -0.1) is 0 Å². The molecule has 3 nitrogen and oxygen atoms in total. The number of rotatable bonds is 6. The lowest BCUT2D eigenvalue weighted by atomic mass is 9.49. The molecule has 0 radical (unpaired) electrons. The van der Waals surface area contributed by atoms with Crippen LogP contribution < -0.4 is 0 Å². The fourth-order valence-electron chi connectivity index (χ4n) is 5.45. The Kier molecular flexibility index (Phi) is 4.34. The van der Waals surface area contributed by atoms with Gasteiger partial charge in [0.2, 0.25) is 0 Å². The zero-order valence-electron chi connectivity index (χ0n) is 12.8. The number of hydrogen-bond donors (Lipinski definition) is 0. The van der Waals surface area contributed by atoms with Gasteiger partial charge in [-0.1, -0.05) is 0 Å². The van der Waals surface area contributed by atoms with E-state index in [1.165, 1.54) is 32.1 Å². The summed E-state index contributed by atoms with van der Waals surface area (Å²) in [5, 5.41) is 0. The molecule has 0 aromatic heterocycles. The van der Waals surface area contributed by atoms with Gasteiger partial charge in [0.1, 0.15) is 0 Å². The van der Waals surface area contributed by atoms with Crippen molar-refractivity contribution in [1.29, 1.82) is 0 Å². The van der Waals surface area contributed by atoms with Crippen LogP contribution >= 0.6 is 0 Å². The molecule has 0 saturated heterocycles. The molecule has 0 N–H and O–H groups in total. The summed E-state index contributed by atoms with van der Waals surface area (Å²) >= 11 is 0. The number of carbonyl (C=O) groups excluding carboxylic acids is 1. The van der Waals surface area contributed by atoms with Gasteiger partial charge in [0.25, 0.3) is 0 Å². The molecule has 20 heavy (non-hydrogen) atoms. The summed E-state index contributed by atoms with van der Waals surface area (Å²) in [5.74, 6) is 3.88. The topological polar surface area (TPSA) is 35.5 Å². The van der Waals surface area contributed by atoms with Crippen molar-refractivity contribution < 1.29 is 14.3 Å². The van der Waals surface area contributed by atoms with Gasteiger partial charge in [0.05, 0.1) is 19.1 Å². The Balaban J connectivity index is 1.74. The zero-order valence-corrected chi connectivity index (χ0v) is 12.8. The van der Waals surface area contributed by atoms with Crippen LogP contribution in [0, 0.1) is 35.5 Å². The molecule has 4 bridgehead atoms. The van der Waals surface area contributed by atoms with E-state index in [9.17, 15) is 4.79 Å². The largest absolute Gasteiger partial charge is 0.466 e. The predicted octanol–water partition coefficient (Wildman–Crippen LogP) is 3.27. The first-order valence-corrected chi connectivity index (χ1v) is 8.47. The highest BCUT2D eigenvalue weighted by atomic mass is 16.5. The first kappa shape index (κ1) is 14.4. The van der Waals surface area contributed by atoms with E-state index in [-0.39, 0.29) is 11.9 Å². The number of esters is 1. The first-order valence-electron chi connectivity index (χ1n) is 8.47. The molecule has 0 heterocycles. The molecular formula is C17H28O3. The SMILES string of the molecule is CCOCC(C(=O)OCC)C1C2CC3CC(C2)CC1C3. The van der Waals surface area contributed by atoms with Gasteiger partial charge >= 0.3 is 5.97 Å². The molecule has 0 aromatic carbocycles. The van der Waals surface area contributed by atoms with E-state index >= 15 is 0 Å². The molecule has 0 spiro atoms. The first-order chi connectivity index (χ1) is 9.72. The normalized spacial score (nSPS) is 39.8. The molecule has 1 unspecified atom stereocenters. The van der Waals surface area contributed by atoms with E-state index in [2.05, 4.69) is 0 Å². The summed E-state index contributed by atoms with van der Waals surface area (Å²) in [7, 11) is 0. The second kappa shape index (κ2) is 6.05. The van der Waals surface area contributed by atoms with Crippen LogP contribution in [0.25, 0.3) is 0 Å². The summed E-state index contributed by atoms with van der Waals surface area (Å²) in [6, 6.07) is 0. The fourth-order valence-corrected chi connectivity index (χ4v) is 5.45. The van der Waals surface area contributed by atoms with Crippen LogP contribution in [0.15, 0.2) is 0 Å². The average Bonchev–Trinajstić information content (AvgIpc) is 2.41. The molecule has 4 fully saturated rings. The minimum Gasteiger partial charge on any atom is -0.466 e. The maximum absolute atomic E-state index is 12.4. The second-order valence-corrected chi connectivity index (χ2v) is 7.03. The fraction of sp³-hybridized carbons (Fsp3) is 0.941. The summed E-state index contributed by atoms with van der Waals surface area (Å²) < 4.78 is 11.0. The van der Waals surface area contributed by atoms with Gasteiger partial charge in [-0.2, -0.15) is 0 Å². The highest BCUT2D eigenvalue weighted by Gasteiger charge is 2.52. The summed E-state index contributed by atoms with van der Waals surface area (Å²) in [4.78, 5) is 12.4. The summed E-state index contributed by atoms with van der Waals surface area (Å²) in [6.45, 7) is 5.62. The average molecular weight is 280 g/mol. The van der Waals surface area contributed by atoms with Gasteiger partial charge in [-0.25, -0.2) is 0 Å². The van der Waals surface area contributed by atoms with E-state index in [0.29, 0.717) is 25.7 Å². The third-order valence-corrected chi connectivity index (χ3v) is 5.86. The van der Waals surface area contributed by atoms with Crippen molar-refractivity contribution in [3.05, 3.63) is 0 Å². The molecule has 1 atom stereocenters. The molecule has 4 saturated carbocycles. The van der Waals surface area contributed by atoms with Gasteiger partial charge < -0.3 is 9.47 Å². The van der Waals surface area contributed by atoms with Crippen LogP contribution in [0.2, 0.25) is 0 Å². The van der Waals surface area contributed by atoms with Crippen LogP contribution in [0.3, 0.4) is 0 Å². The minimum atomic E-state index is -0.0232. The maximum Gasteiger partial charge on any atom is 0.311 e. The third kappa shape index (κ3) is 2.61. The second-order valence-electron chi connectivity index (χ2n) is 7.03. The Morgan fingerprint density at radius 1 is 1.00 bits per heavy atom. The van der Waals surface area contributed by atoms with Crippen molar-refractivity contribution in [3.8, 4) is 0 Å². The molecule has 0 aliphatic heterocycles. The lowest BCUT2D eigenvalue weighted by Crippen LogP contribution is -2.50. The Bertz CT molecular complexity index is 324. The van der Waals surface area contributed by atoms with Gasteiger partial charge in [-0.3, -0.25) is 4.79 Å². The highest BCUT2D eigenvalue weighted by molar-refractivity contribution is 5.73. The van der Waals surface area contributed by atoms with Gasteiger partial charge in [0.15, 0.2) is 0 Å². The summed E-state index contributed by atoms with van der Waals surface area (Å²) in [5.41, 5.74) is 0. The third-order valence-electron chi connectivity index (χ3n) is 5.86. The van der Waals surface area contributed by atoms with Crippen molar-refractivity contribution in [2.45, 2.75) is 46.0 Å². The van der Waals surface area contributed by atoms with E-state index in [0.717, 1.165) is 23.7 Å². The quantitative estimate of drug-likeness (QED) is 0.700. The lowest BCUT2D eigenvalue weighted by Gasteiger charge is -2.56. The van der Waals surface area contributed by atoms with E-state index in [1.807, 2.05) is 13.8 Å². The smallest absolute Gasteiger partial charge is 0.311 e. The van der Waals surface area contributed by atoms with E-state index in [1.54, 1.807) is 0 Å². The van der Waals surface area contributed by atoms with Crippen molar-refractivity contribution >= 4 is 5.97 Å². The molecule has 114 valence electrons. The molecule has 4 rings (SSSR count). The Hall–Kier alpha value is -0.570. The van der Waals surface area contributed by atoms with Crippen LogP contribution in [0.5, 0.6) is 0 Å². The Morgan fingerprint density at radius 3 is 2.10 bits per heavy atom. The van der Waals surface area contributed by atoms with Gasteiger partial charge in [0, 0.05) is 6.61 Å². The molecule has 4 aliphatic carbocycles. The number of hydrogen-bond acceptors (Lipinski definition) is 3. The van der Waals surface area contributed by atoms with Crippen molar-refractivity contribution in [3.63, 3.8) is 0 Å². The van der Waals surface area contributed by atoms with E-state index < -0.39 is 0 Å². The summed E-state index contributed by atoms with van der Waals surface area (Å²) in [6.07, 6.45) is 6.84. The van der Waals surface area contributed by atoms with Gasteiger partial charge in [-0.05, 0) is 75.5 Å². The van der Waals surface area contributed by atoms with Crippen LogP contribution in [-0.4, -0.2) is 25.8 Å². The zero-order chi connectivity index (χ0) is 14.1. The maximum atomic E-state index is 12.4. The monoisotopic (exact) mass is 280 g/mol. The highest BCUT2D eigenvalue weighted by Crippen LogP contribution is 2.58. The van der Waals surface area contributed by atoms with Crippen molar-refractivity contribution in [2.24, 2.45) is 35.5 Å². The van der Waals surface area contributed by atoms with Crippen LogP contribution in [-0.2, 0) is 14.3 Å². The number of ether oxygens (including phenoxy) is 2. The Labute approximate surface area is 122 Å². The molecular weight excluding hydrogens is 252 g/mol. The Morgan fingerprint density at radius 2 is 1.60 bits per heavy atom. The van der Waals surface area contributed by atoms with E-state index in [4.69, 9.17) is 9.47 Å². The van der Waals surface area contributed by atoms with Crippen molar-refractivity contribution in [1.82, 2.24) is 0 Å². The lowest BCUT2D eigenvalue weighted by molar-refractivity contribution is -0.161. The molecule has 4 aliphatic rings. The predicted molar refractivity (Wildman–Crippen MR) is 77.2 cm³/mol. The molecule has 0 amide bonds. The van der Waals surface area contributed by atoms with Crippen molar-refractivity contribution in [2.75, 3.05) is 19.8 Å². The van der Waals surface area contributed by atoms with Crippen LogP contribution in [0.1, 0.15) is 46.0 Å². The minimum absolute atomic E-state index is 0.0153. The standard InChI is InChI=1S/C17H28O3/c1-3-19-10-15(17(18)20-4-2)16-13-6-11-5-12(8-13)9-14(16)7-11/h11-16H,3-10H2,1-2H3. The molecule has 0 aromatic rings.